The topological polar surface area (TPSA) is 4.93 Å². The Morgan fingerprint density at radius 1 is 0.700 bits per heavy atom. The molecule has 0 N–H and O–H groups in total. The number of benzene rings is 2. The van der Waals surface area contributed by atoms with Crippen LogP contribution in [0.5, 0.6) is 0 Å². The molecule has 0 amide bonds. The molecule has 0 spiro atoms. The van der Waals surface area contributed by atoms with Crippen molar-refractivity contribution in [2.75, 3.05) is 0 Å². The molecule has 1 aromatic heterocycles. The average Bonchev–Trinajstić information content (AvgIpc) is 2.94. The van der Waals surface area contributed by atoms with E-state index in [0.717, 1.165) is 0 Å². The molecule has 1 heteroatoms. The smallest absolute Gasteiger partial charge is 0.0489 e. The lowest BCUT2D eigenvalue weighted by Gasteiger charge is -2.12. The Morgan fingerprint density at radius 3 is 1.80 bits per heavy atom. The van der Waals surface area contributed by atoms with Gasteiger partial charge >= 0.3 is 0 Å². The lowest BCUT2D eigenvalue weighted by atomic mass is 10.1. The minimum atomic E-state index is 0.447. The number of hydrogen-bond donors (Lipinski definition) is 0. The third kappa shape index (κ3) is 2.39. The highest BCUT2D eigenvalue weighted by atomic mass is 15.0. The molecule has 0 unspecified atom stereocenters. The van der Waals surface area contributed by atoms with Crippen LogP contribution in [-0.4, -0.2) is 4.57 Å². The van der Waals surface area contributed by atoms with Gasteiger partial charge < -0.3 is 4.57 Å². The van der Waals surface area contributed by atoms with E-state index in [0.29, 0.717) is 6.04 Å². The zero-order valence-electron chi connectivity index (χ0n) is 12.0. The van der Waals surface area contributed by atoms with Crippen molar-refractivity contribution in [3.05, 3.63) is 72.9 Å². The van der Waals surface area contributed by atoms with E-state index >= 15 is 0 Å². The minimum Gasteiger partial charge on any atom is -0.344 e. The molecule has 100 valence electrons. The molecular weight excluding hydrogens is 242 g/mol. The molecular formula is C19H19N. The molecule has 1 heterocycles. The summed E-state index contributed by atoms with van der Waals surface area (Å²) in [7, 11) is 0. The maximum Gasteiger partial charge on any atom is 0.0489 e. The minimum absolute atomic E-state index is 0.447. The van der Waals surface area contributed by atoms with Crippen molar-refractivity contribution in [1.29, 1.82) is 0 Å². The number of aromatic nitrogens is 1. The van der Waals surface area contributed by atoms with Crippen molar-refractivity contribution in [3.8, 4) is 22.4 Å². The van der Waals surface area contributed by atoms with Crippen molar-refractivity contribution in [1.82, 2.24) is 4.57 Å². The first kappa shape index (κ1) is 12.7. The Kier molecular flexibility index (Phi) is 3.42. The van der Waals surface area contributed by atoms with Crippen LogP contribution in [0.25, 0.3) is 22.4 Å². The van der Waals surface area contributed by atoms with Crippen molar-refractivity contribution in [3.63, 3.8) is 0 Å². The van der Waals surface area contributed by atoms with Gasteiger partial charge in [0.05, 0.1) is 0 Å². The number of nitrogens with zero attached hydrogens (tertiary/aromatic N) is 1. The predicted octanol–water partition coefficient (Wildman–Crippen LogP) is 5.40. The summed E-state index contributed by atoms with van der Waals surface area (Å²) < 4.78 is 2.34. The SMILES string of the molecule is CC(C)n1cc(-c2ccccc2)cc1-c1ccccc1. The fourth-order valence-corrected chi connectivity index (χ4v) is 2.54. The largest absolute Gasteiger partial charge is 0.344 e. The fraction of sp³-hybridized carbons (Fsp3) is 0.158. The summed E-state index contributed by atoms with van der Waals surface area (Å²) >= 11 is 0. The van der Waals surface area contributed by atoms with Crippen molar-refractivity contribution in [2.45, 2.75) is 19.9 Å². The van der Waals surface area contributed by atoms with Crippen LogP contribution in [0.4, 0.5) is 0 Å². The Labute approximate surface area is 120 Å². The van der Waals surface area contributed by atoms with Gasteiger partial charge in [0.15, 0.2) is 0 Å². The summed E-state index contributed by atoms with van der Waals surface area (Å²) in [4.78, 5) is 0. The van der Waals surface area contributed by atoms with Gasteiger partial charge in [0.2, 0.25) is 0 Å². The maximum absolute atomic E-state index is 2.34. The van der Waals surface area contributed by atoms with Gasteiger partial charge in [-0.3, -0.25) is 0 Å². The third-order valence-corrected chi connectivity index (χ3v) is 3.58. The molecule has 0 atom stereocenters. The second-order valence-electron chi connectivity index (χ2n) is 5.35. The van der Waals surface area contributed by atoms with E-state index in [1.807, 2.05) is 0 Å². The second kappa shape index (κ2) is 5.38. The molecule has 0 saturated carbocycles. The Morgan fingerprint density at radius 2 is 1.25 bits per heavy atom. The second-order valence-corrected chi connectivity index (χ2v) is 5.35. The van der Waals surface area contributed by atoms with Gasteiger partial charge in [0.25, 0.3) is 0 Å². The van der Waals surface area contributed by atoms with Gasteiger partial charge in [0.1, 0.15) is 0 Å². The molecule has 0 aliphatic carbocycles. The van der Waals surface area contributed by atoms with Gasteiger partial charge in [-0.1, -0.05) is 60.7 Å². The van der Waals surface area contributed by atoms with E-state index < -0.39 is 0 Å². The predicted molar refractivity (Wildman–Crippen MR) is 85.7 cm³/mol. The summed E-state index contributed by atoms with van der Waals surface area (Å²) in [5, 5.41) is 0. The van der Waals surface area contributed by atoms with E-state index in [-0.39, 0.29) is 0 Å². The summed E-state index contributed by atoms with van der Waals surface area (Å²) in [6.45, 7) is 4.45. The summed E-state index contributed by atoms with van der Waals surface area (Å²) in [6, 6.07) is 23.9. The lowest BCUT2D eigenvalue weighted by molar-refractivity contribution is 0.610. The molecule has 0 aliphatic rings. The number of rotatable bonds is 3. The van der Waals surface area contributed by atoms with Crippen molar-refractivity contribution in [2.24, 2.45) is 0 Å². The van der Waals surface area contributed by atoms with Gasteiger partial charge in [-0.2, -0.15) is 0 Å². The standard InChI is InChI=1S/C19H19N/c1-15(2)20-14-18(16-9-5-3-6-10-16)13-19(20)17-11-7-4-8-12-17/h3-15H,1-2H3. The maximum atomic E-state index is 2.34. The number of hydrogen-bond acceptors (Lipinski definition) is 0. The van der Waals surface area contributed by atoms with E-state index in [9.17, 15) is 0 Å². The third-order valence-electron chi connectivity index (χ3n) is 3.58. The van der Waals surface area contributed by atoms with Crippen molar-refractivity contribution >= 4 is 0 Å². The first-order chi connectivity index (χ1) is 9.75. The van der Waals surface area contributed by atoms with Crippen LogP contribution in [0.3, 0.4) is 0 Å². The van der Waals surface area contributed by atoms with Crippen molar-refractivity contribution < 1.29 is 0 Å². The molecule has 20 heavy (non-hydrogen) atoms. The lowest BCUT2D eigenvalue weighted by Crippen LogP contribution is -2.00. The van der Waals surface area contributed by atoms with Gasteiger partial charge in [-0.25, -0.2) is 0 Å². The Hall–Kier alpha value is -2.28. The summed E-state index contributed by atoms with van der Waals surface area (Å²) in [5.74, 6) is 0. The van der Waals surface area contributed by atoms with Gasteiger partial charge in [-0.05, 0) is 36.6 Å². The van der Waals surface area contributed by atoms with Crippen LogP contribution in [0.1, 0.15) is 19.9 Å². The highest BCUT2D eigenvalue weighted by Gasteiger charge is 2.11. The van der Waals surface area contributed by atoms with Crippen LogP contribution < -0.4 is 0 Å². The molecule has 0 fully saturated rings. The van der Waals surface area contributed by atoms with Crippen LogP contribution in [0.15, 0.2) is 72.9 Å². The summed E-state index contributed by atoms with van der Waals surface area (Å²) in [5.41, 5.74) is 5.09. The molecule has 0 bridgehead atoms. The van der Waals surface area contributed by atoms with E-state index in [2.05, 4.69) is 91.3 Å². The first-order valence-electron chi connectivity index (χ1n) is 7.08. The molecule has 0 aliphatic heterocycles. The van der Waals surface area contributed by atoms with E-state index in [1.165, 1.54) is 22.4 Å². The highest BCUT2D eigenvalue weighted by Crippen LogP contribution is 2.30. The fourth-order valence-electron chi connectivity index (χ4n) is 2.54. The van der Waals surface area contributed by atoms with Crippen LogP contribution in [0, 0.1) is 0 Å². The van der Waals surface area contributed by atoms with E-state index in [4.69, 9.17) is 0 Å². The molecule has 0 radical (unpaired) electrons. The monoisotopic (exact) mass is 261 g/mol. The normalized spacial score (nSPS) is 10.9. The molecule has 2 aromatic carbocycles. The molecule has 3 rings (SSSR count). The zero-order valence-corrected chi connectivity index (χ0v) is 12.0. The Bertz CT molecular complexity index is 678. The zero-order chi connectivity index (χ0) is 13.9. The average molecular weight is 261 g/mol. The Balaban J connectivity index is 2.13. The summed E-state index contributed by atoms with van der Waals surface area (Å²) in [6.07, 6.45) is 2.25. The molecule has 0 saturated heterocycles. The highest BCUT2D eigenvalue weighted by molar-refractivity contribution is 5.72. The van der Waals surface area contributed by atoms with E-state index in [1.54, 1.807) is 0 Å². The first-order valence-corrected chi connectivity index (χ1v) is 7.08. The molecule has 1 nitrogen and oxygen atoms in total. The van der Waals surface area contributed by atoms with Crippen LogP contribution in [0.2, 0.25) is 0 Å². The van der Waals surface area contributed by atoms with Gasteiger partial charge in [0, 0.05) is 17.9 Å². The van der Waals surface area contributed by atoms with Crippen LogP contribution >= 0.6 is 0 Å². The molecule has 3 aromatic rings. The van der Waals surface area contributed by atoms with Gasteiger partial charge in [-0.15, -0.1) is 0 Å². The quantitative estimate of drug-likeness (QED) is 0.594. The van der Waals surface area contributed by atoms with Crippen LogP contribution in [-0.2, 0) is 0 Å².